The number of carboxylic acid groups (broad SMARTS) is 1. The van der Waals surface area contributed by atoms with Crippen LogP contribution in [0.5, 0.6) is 0 Å². The SMILES string of the molecule is O=C1NCCCCCn2c(nc3cccc(C(=O)O)c32)NC(=O)c2cccc1c2. The van der Waals surface area contributed by atoms with E-state index in [1.54, 1.807) is 34.9 Å². The number of amides is 2. The molecule has 4 rings (SSSR count). The third kappa shape index (κ3) is 3.69. The highest BCUT2D eigenvalue weighted by molar-refractivity contribution is 6.07. The number of hydrogen-bond donors (Lipinski definition) is 3. The quantitative estimate of drug-likeness (QED) is 0.589. The van der Waals surface area contributed by atoms with Gasteiger partial charge in [0.2, 0.25) is 5.95 Å². The molecule has 0 fully saturated rings. The first-order valence-electron chi connectivity index (χ1n) is 9.47. The summed E-state index contributed by atoms with van der Waals surface area (Å²) in [6, 6.07) is 11.4. The number of hydrogen-bond acceptors (Lipinski definition) is 4. The van der Waals surface area contributed by atoms with Crippen LogP contribution in [0.25, 0.3) is 11.0 Å². The van der Waals surface area contributed by atoms with Crippen LogP contribution in [0.15, 0.2) is 42.5 Å². The van der Waals surface area contributed by atoms with E-state index in [1.807, 2.05) is 0 Å². The second-order valence-electron chi connectivity index (χ2n) is 6.92. The molecule has 29 heavy (non-hydrogen) atoms. The molecule has 8 nitrogen and oxygen atoms in total. The van der Waals surface area contributed by atoms with Gasteiger partial charge in [-0.25, -0.2) is 9.78 Å². The number of benzene rings is 2. The minimum absolute atomic E-state index is 0.144. The first-order chi connectivity index (χ1) is 14.0. The van der Waals surface area contributed by atoms with Crippen molar-refractivity contribution in [3.05, 3.63) is 59.2 Å². The summed E-state index contributed by atoms with van der Waals surface area (Å²) in [5.74, 6) is -1.37. The van der Waals surface area contributed by atoms with Crippen molar-refractivity contribution in [3.8, 4) is 0 Å². The van der Waals surface area contributed by atoms with E-state index in [-0.39, 0.29) is 11.5 Å². The molecule has 2 heterocycles. The Morgan fingerprint density at radius 1 is 1.00 bits per heavy atom. The average Bonchev–Trinajstić information content (AvgIpc) is 3.06. The second kappa shape index (κ2) is 7.75. The lowest BCUT2D eigenvalue weighted by atomic mass is 10.1. The summed E-state index contributed by atoms with van der Waals surface area (Å²) in [6.45, 7) is 1.04. The molecule has 0 unspecified atom stereocenters. The van der Waals surface area contributed by atoms with Crippen molar-refractivity contribution < 1.29 is 19.5 Å². The van der Waals surface area contributed by atoms with Gasteiger partial charge in [-0.05, 0) is 49.6 Å². The molecule has 2 aromatic carbocycles. The van der Waals surface area contributed by atoms with Gasteiger partial charge >= 0.3 is 5.97 Å². The average molecular weight is 392 g/mol. The molecule has 2 amide bonds. The number of imidazole rings is 1. The van der Waals surface area contributed by atoms with Gasteiger partial charge in [0.15, 0.2) is 0 Å². The number of anilines is 1. The maximum atomic E-state index is 12.8. The third-order valence-electron chi connectivity index (χ3n) is 4.95. The molecule has 0 atom stereocenters. The number of fused-ring (bicyclic) bond motifs is 5. The molecule has 0 aliphatic carbocycles. The first-order valence-corrected chi connectivity index (χ1v) is 9.47. The van der Waals surface area contributed by atoms with Gasteiger partial charge < -0.3 is 15.0 Å². The number of carbonyl (C=O) groups is 3. The normalized spacial score (nSPS) is 15.2. The van der Waals surface area contributed by atoms with Crippen LogP contribution < -0.4 is 10.6 Å². The number of carboxylic acids is 1. The van der Waals surface area contributed by atoms with Gasteiger partial charge in [0.1, 0.15) is 0 Å². The molecule has 8 heteroatoms. The summed E-state index contributed by atoms with van der Waals surface area (Å²) in [5.41, 5.74) is 1.88. The van der Waals surface area contributed by atoms with E-state index in [4.69, 9.17) is 0 Å². The largest absolute Gasteiger partial charge is 0.478 e. The Kier molecular flexibility index (Phi) is 4.99. The van der Waals surface area contributed by atoms with Crippen LogP contribution in [0.3, 0.4) is 0 Å². The van der Waals surface area contributed by atoms with E-state index in [0.717, 1.165) is 19.3 Å². The molecule has 0 saturated carbocycles. The highest BCUT2D eigenvalue weighted by Gasteiger charge is 2.20. The Bertz CT molecular complexity index is 1120. The lowest BCUT2D eigenvalue weighted by Crippen LogP contribution is -2.25. The van der Waals surface area contributed by atoms with E-state index in [2.05, 4.69) is 15.6 Å². The Morgan fingerprint density at radius 2 is 1.76 bits per heavy atom. The lowest BCUT2D eigenvalue weighted by molar-refractivity contribution is 0.0698. The van der Waals surface area contributed by atoms with Crippen LogP contribution in [0, 0.1) is 0 Å². The zero-order valence-corrected chi connectivity index (χ0v) is 15.6. The molecular formula is C21H20N4O4. The molecule has 0 spiro atoms. The maximum Gasteiger partial charge on any atom is 0.337 e. The van der Waals surface area contributed by atoms with Gasteiger partial charge in [-0.15, -0.1) is 0 Å². The Morgan fingerprint density at radius 3 is 2.55 bits per heavy atom. The van der Waals surface area contributed by atoms with Gasteiger partial charge in [-0.3, -0.25) is 14.9 Å². The Balaban J connectivity index is 1.81. The fourth-order valence-electron chi connectivity index (χ4n) is 3.52. The Hall–Kier alpha value is -3.68. The minimum atomic E-state index is -1.04. The molecule has 1 aliphatic rings. The van der Waals surface area contributed by atoms with Crippen LogP contribution in [0.1, 0.15) is 50.3 Å². The summed E-state index contributed by atoms with van der Waals surface area (Å²) in [5, 5.41) is 15.2. The number of aromatic nitrogens is 2. The van der Waals surface area contributed by atoms with Crippen molar-refractivity contribution in [1.82, 2.24) is 14.9 Å². The van der Waals surface area contributed by atoms with Crippen molar-refractivity contribution in [2.45, 2.75) is 25.8 Å². The lowest BCUT2D eigenvalue weighted by Gasteiger charge is -2.13. The third-order valence-corrected chi connectivity index (χ3v) is 4.95. The van der Waals surface area contributed by atoms with Gasteiger partial charge in [-0.2, -0.15) is 0 Å². The van der Waals surface area contributed by atoms with E-state index < -0.39 is 11.9 Å². The summed E-state index contributed by atoms with van der Waals surface area (Å²) in [7, 11) is 0. The monoisotopic (exact) mass is 392 g/mol. The number of rotatable bonds is 1. The zero-order valence-electron chi connectivity index (χ0n) is 15.6. The van der Waals surface area contributed by atoms with Crippen LogP contribution >= 0.6 is 0 Å². The van der Waals surface area contributed by atoms with Gasteiger partial charge in [0.05, 0.1) is 16.6 Å². The number of aromatic carboxylic acids is 1. The molecule has 1 aromatic heterocycles. The predicted octanol–water partition coefficient (Wildman–Crippen LogP) is 2.90. The molecule has 1 aliphatic heterocycles. The first kappa shape index (κ1) is 18.7. The van der Waals surface area contributed by atoms with Crippen molar-refractivity contribution in [2.75, 3.05) is 11.9 Å². The number of carbonyl (C=O) groups excluding carboxylic acids is 2. The fraction of sp³-hybridized carbons (Fsp3) is 0.238. The number of nitrogens with one attached hydrogen (secondary N) is 2. The predicted molar refractivity (Wildman–Crippen MR) is 107 cm³/mol. The van der Waals surface area contributed by atoms with Crippen LogP contribution in [0.2, 0.25) is 0 Å². The number of para-hydroxylation sites is 1. The van der Waals surface area contributed by atoms with E-state index >= 15 is 0 Å². The standard InChI is InChI=1S/C21H20N4O4/c26-18-13-6-4-7-14(12-13)19(27)24-21-23-16-9-5-8-15(20(28)29)17(16)25(21)11-3-1-2-10-22-18/h4-9,12H,1-3,10-11H2,(H,22,26)(H,28,29)(H,23,24,27). The van der Waals surface area contributed by atoms with Gasteiger partial charge in [-0.1, -0.05) is 12.1 Å². The number of aryl methyl sites for hydroxylation is 1. The summed E-state index contributed by atoms with van der Waals surface area (Å²) in [6.07, 6.45) is 2.39. The number of nitrogens with zero attached hydrogens (tertiary/aromatic N) is 2. The van der Waals surface area contributed by atoms with E-state index in [1.165, 1.54) is 12.1 Å². The second-order valence-corrected chi connectivity index (χ2v) is 6.92. The van der Waals surface area contributed by atoms with Crippen LogP contribution in [-0.4, -0.2) is 39.0 Å². The molecule has 3 aromatic rings. The highest BCUT2D eigenvalue weighted by atomic mass is 16.4. The van der Waals surface area contributed by atoms with Gasteiger partial charge in [0.25, 0.3) is 11.8 Å². The Labute approximate surface area is 166 Å². The fourth-order valence-corrected chi connectivity index (χ4v) is 3.52. The summed E-state index contributed by atoms with van der Waals surface area (Å²) < 4.78 is 1.75. The van der Waals surface area contributed by atoms with Crippen molar-refractivity contribution in [2.24, 2.45) is 0 Å². The zero-order chi connectivity index (χ0) is 20.4. The molecule has 2 bridgehead atoms. The smallest absolute Gasteiger partial charge is 0.337 e. The van der Waals surface area contributed by atoms with Crippen molar-refractivity contribution in [1.29, 1.82) is 0 Å². The van der Waals surface area contributed by atoms with E-state index in [0.29, 0.717) is 41.2 Å². The summed E-state index contributed by atoms with van der Waals surface area (Å²) in [4.78, 5) is 41.2. The molecule has 0 radical (unpaired) electrons. The minimum Gasteiger partial charge on any atom is -0.478 e. The summed E-state index contributed by atoms with van der Waals surface area (Å²) >= 11 is 0. The molecule has 148 valence electrons. The molecule has 3 N–H and O–H groups in total. The topological polar surface area (TPSA) is 113 Å². The molecular weight excluding hydrogens is 372 g/mol. The van der Waals surface area contributed by atoms with Crippen LogP contribution in [-0.2, 0) is 6.54 Å². The molecule has 0 saturated heterocycles. The van der Waals surface area contributed by atoms with E-state index in [9.17, 15) is 19.5 Å². The van der Waals surface area contributed by atoms with Crippen molar-refractivity contribution in [3.63, 3.8) is 0 Å². The van der Waals surface area contributed by atoms with Gasteiger partial charge in [0, 0.05) is 24.2 Å². The highest BCUT2D eigenvalue weighted by Crippen LogP contribution is 2.25. The van der Waals surface area contributed by atoms with Crippen molar-refractivity contribution >= 4 is 34.8 Å². The maximum absolute atomic E-state index is 12.8. The van der Waals surface area contributed by atoms with Crippen LogP contribution in [0.4, 0.5) is 5.95 Å².